The number of para-hydroxylation sites is 6. The van der Waals surface area contributed by atoms with Crippen LogP contribution in [-0.2, 0) is 0 Å². The van der Waals surface area contributed by atoms with Gasteiger partial charge in [0.25, 0.3) is 0 Å². The summed E-state index contributed by atoms with van der Waals surface area (Å²) in [5, 5.41) is 7.07. The van der Waals surface area contributed by atoms with Gasteiger partial charge in [-0.15, -0.1) is 0 Å². The summed E-state index contributed by atoms with van der Waals surface area (Å²) in [5.41, 5.74) is 23.6. The van der Waals surface area contributed by atoms with Crippen molar-refractivity contribution in [1.82, 2.24) is 28.7 Å². The molecular weight excluding hydrogens is 1080 g/mol. The zero-order chi connectivity index (χ0) is 59.1. The molecule has 0 saturated heterocycles. The highest BCUT2D eigenvalue weighted by Crippen LogP contribution is 2.49. The molecule has 89 heavy (non-hydrogen) atoms. The molecular formula is C83H56N6. The van der Waals surface area contributed by atoms with Crippen LogP contribution in [0.5, 0.6) is 0 Å². The van der Waals surface area contributed by atoms with E-state index in [0.29, 0.717) is 17.5 Å². The molecule has 0 aliphatic heterocycles. The second kappa shape index (κ2) is 21.1. The number of rotatable bonds is 10. The van der Waals surface area contributed by atoms with E-state index in [2.05, 4.69) is 294 Å². The Morgan fingerprint density at radius 3 is 0.944 bits per heavy atom. The zero-order valence-electron chi connectivity index (χ0n) is 49.1. The van der Waals surface area contributed by atoms with E-state index in [4.69, 9.17) is 15.0 Å². The van der Waals surface area contributed by atoms with E-state index in [1.807, 2.05) is 36.4 Å². The maximum absolute atomic E-state index is 5.52. The van der Waals surface area contributed by atoms with Gasteiger partial charge in [0.05, 0.1) is 50.2 Å². The van der Waals surface area contributed by atoms with Gasteiger partial charge in [-0.3, -0.25) is 0 Å². The van der Waals surface area contributed by atoms with Gasteiger partial charge in [-0.1, -0.05) is 242 Å². The van der Waals surface area contributed by atoms with Crippen LogP contribution in [0.15, 0.2) is 303 Å². The summed E-state index contributed by atoms with van der Waals surface area (Å²) in [6.07, 6.45) is 0. The van der Waals surface area contributed by atoms with Crippen LogP contribution in [0.25, 0.3) is 161 Å². The number of hydrogen-bond donors (Lipinski definition) is 0. The van der Waals surface area contributed by atoms with Gasteiger partial charge in [0.1, 0.15) is 0 Å². The molecule has 0 N–H and O–H groups in total. The molecule has 0 amide bonds. The Balaban J connectivity index is 1.06. The molecule has 0 fully saturated rings. The van der Waals surface area contributed by atoms with Crippen LogP contribution < -0.4 is 0 Å². The average molecular weight is 1140 g/mol. The molecule has 0 atom stereocenters. The molecule has 4 heterocycles. The Bertz CT molecular complexity index is 5200. The van der Waals surface area contributed by atoms with Crippen molar-refractivity contribution in [2.45, 2.75) is 13.8 Å². The minimum Gasteiger partial charge on any atom is -0.309 e. The van der Waals surface area contributed by atoms with Crippen molar-refractivity contribution in [3.63, 3.8) is 0 Å². The lowest BCUT2D eigenvalue weighted by Gasteiger charge is -2.24. The van der Waals surface area contributed by atoms with Crippen molar-refractivity contribution in [3.05, 3.63) is 314 Å². The van der Waals surface area contributed by atoms with Crippen molar-refractivity contribution in [3.8, 4) is 95.7 Å². The molecule has 6 heteroatoms. The van der Waals surface area contributed by atoms with Gasteiger partial charge in [-0.05, 0) is 109 Å². The molecule has 0 aliphatic carbocycles. The minimum atomic E-state index is 0.559. The summed E-state index contributed by atoms with van der Waals surface area (Å²) in [7, 11) is 0. The average Bonchev–Trinajstić information content (AvgIpc) is 2.32. The Morgan fingerprint density at radius 2 is 0.539 bits per heavy atom. The van der Waals surface area contributed by atoms with Crippen LogP contribution >= 0.6 is 0 Å². The Morgan fingerprint density at radius 1 is 0.213 bits per heavy atom. The van der Waals surface area contributed by atoms with E-state index in [1.54, 1.807) is 0 Å². The third-order valence-corrected chi connectivity index (χ3v) is 17.8. The lowest BCUT2D eigenvalue weighted by atomic mass is 9.90. The molecule has 0 bridgehead atoms. The predicted molar refractivity (Wildman–Crippen MR) is 370 cm³/mol. The first-order valence-electron chi connectivity index (χ1n) is 30.4. The Hall–Kier alpha value is -11.7. The highest BCUT2D eigenvalue weighted by Gasteiger charge is 2.28. The van der Waals surface area contributed by atoms with Crippen molar-refractivity contribution in [1.29, 1.82) is 0 Å². The fraction of sp³-hybridized carbons (Fsp3) is 0.0241. The number of aromatic nitrogens is 6. The molecule has 13 aromatic carbocycles. The number of aryl methyl sites for hydroxylation is 2. The maximum Gasteiger partial charge on any atom is 0.164 e. The summed E-state index contributed by atoms with van der Waals surface area (Å²) < 4.78 is 7.48. The molecule has 0 spiro atoms. The Kier molecular flexibility index (Phi) is 12.2. The first-order chi connectivity index (χ1) is 44.0. The van der Waals surface area contributed by atoms with Gasteiger partial charge in [0.15, 0.2) is 17.5 Å². The first kappa shape index (κ1) is 51.7. The summed E-state index contributed by atoms with van der Waals surface area (Å²) in [6, 6.07) is 110. The van der Waals surface area contributed by atoms with Crippen molar-refractivity contribution >= 4 is 65.4 Å². The molecule has 4 aromatic heterocycles. The van der Waals surface area contributed by atoms with Gasteiger partial charge in [0.2, 0.25) is 0 Å². The molecule has 0 unspecified atom stereocenters. The standard InChI is InChI=1S/C83H56N6/c1-53-23-21-29-57(47-53)59-43-45-78-68(49-59)69-50-60(58-30-22-24-54(2)48-58)44-46-79(69)89(78)80-70(66-35-13-19-41-76(66)87-72-37-15-9-31-62(72)63-32-10-16-38-73(63)87)51-61(83-85-81(55-25-5-3-6-26-55)84-82(86-83)56-27-7-4-8-28-56)52-71(80)67-36-14-20-42-77(67)88-74-39-17-11-33-64(74)65-34-12-18-40-75(65)88/h3-52H,1-2H3. The monoisotopic (exact) mass is 1140 g/mol. The molecule has 17 aromatic rings. The fourth-order valence-corrected chi connectivity index (χ4v) is 13.8. The first-order valence-corrected chi connectivity index (χ1v) is 30.4. The highest BCUT2D eigenvalue weighted by atomic mass is 15.0. The zero-order valence-corrected chi connectivity index (χ0v) is 49.1. The van der Waals surface area contributed by atoms with Crippen LogP contribution in [0.2, 0.25) is 0 Å². The highest BCUT2D eigenvalue weighted by molar-refractivity contribution is 6.15. The van der Waals surface area contributed by atoms with Crippen LogP contribution in [0, 0.1) is 13.8 Å². The molecule has 0 radical (unpaired) electrons. The van der Waals surface area contributed by atoms with Gasteiger partial charge in [0, 0.05) is 71.3 Å². The van der Waals surface area contributed by atoms with Gasteiger partial charge < -0.3 is 13.7 Å². The van der Waals surface area contributed by atoms with E-state index >= 15 is 0 Å². The number of nitrogens with zero attached hydrogens (tertiary/aromatic N) is 6. The molecule has 418 valence electrons. The van der Waals surface area contributed by atoms with Gasteiger partial charge in [-0.2, -0.15) is 0 Å². The van der Waals surface area contributed by atoms with Gasteiger partial charge >= 0.3 is 0 Å². The fourth-order valence-electron chi connectivity index (χ4n) is 13.8. The predicted octanol–water partition coefficient (Wildman–Crippen LogP) is 21.4. The summed E-state index contributed by atoms with van der Waals surface area (Å²) in [4.78, 5) is 16.3. The molecule has 0 aliphatic rings. The van der Waals surface area contributed by atoms with Crippen LogP contribution in [0.3, 0.4) is 0 Å². The van der Waals surface area contributed by atoms with Crippen LogP contribution in [0.4, 0.5) is 0 Å². The van der Waals surface area contributed by atoms with E-state index in [0.717, 1.165) is 111 Å². The normalized spacial score (nSPS) is 11.7. The van der Waals surface area contributed by atoms with Crippen LogP contribution in [-0.4, -0.2) is 28.7 Å². The van der Waals surface area contributed by atoms with Crippen molar-refractivity contribution < 1.29 is 0 Å². The van der Waals surface area contributed by atoms with E-state index in [9.17, 15) is 0 Å². The Labute approximate surface area is 515 Å². The largest absolute Gasteiger partial charge is 0.309 e. The summed E-state index contributed by atoms with van der Waals surface area (Å²) in [6.45, 7) is 4.34. The molecule has 0 saturated carbocycles. The lowest BCUT2D eigenvalue weighted by Crippen LogP contribution is -2.07. The van der Waals surface area contributed by atoms with Crippen LogP contribution in [0.1, 0.15) is 11.1 Å². The van der Waals surface area contributed by atoms with E-state index in [-0.39, 0.29) is 0 Å². The molecule has 6 nitrogen and oxygen atoms in total. The van der Waals surface area contributed by atoms with Crippen molar-refractivity contribution in [2.75, 3.05) is 0 Å². The van der Waals surface area contributed by atoms with Crippen molar-refractivity contribution in [2.24, 2.45) is 0 Å². The third kappa shape index (κ3) is 8.67. The topological polar surface area (TPSA) is 53.5 Å². The van der Waals surface area contributed by atoms with E-state index in [1.165, 1.54) is 43.8 Å². The maximum atomic E-state index is 5.52. The van der Waals surface area contributed by atoms with Gasteiger partial charge in [-0.25, -0.2) is 15.0 Å². The quantitative estimate of drug-likeness (QED) is 0.137. The summed E-state index contributed by atoms with van der Waals surface area (Å²) >= 11 is 0. The summed E-state index contributed by atoms with van der Waals surface area (Å²) in [5.74, 6) is 1.74. The molecule has 17 rings (SSSR count). The number of hydrogen-bond acceptors (Lipinski definition) is 3. The number of fused-ring (bicyclic) bond motifs is 9. The third-order valence-electron chi connectivity index (χ3n) is 17.8. The lowest BCUT2D eigenvalue weighted by molar-refractivity contribution is 1.07. The minimum absolute atomic E-state index is 0.559. The second-order valence-corrected chi connectivity index (χ2v) is 23.3. The number of benzene rings is 13. The second-order valence-electron chi connectivity index (χ2n) is 23.3. The SMILES string of the molecule is Cc1cccc(-c2ccc3c(c2)c2cc(-c4cccc(C)c4)ccc2n3-c2c(-c3ccccc3-n3c4ccccc4c4ccccc43)cc(-c3nc(-c4ccccc4)nc(-c4ccccc4)n3)cc2-c2ccccc2-n2c3ccccc3c3ccccc32)c1. The van der Waals surface area contributed by atoms with E-state index < -0.39 is 0 Å². The smallest absolute Gasteiger partial charge is 0.164 e.